The average molecular weight is 227 g/mol. The van der Waals surface area contributed by atoms with Crippen molar-refractivity contribution in [1.29, 1.82) is 0 Å². The molecule has 0 saturated carbocycles. The third-order valence-corrected chi connectivity index (χ3v) is 2.13. The highest BCUT2D eigenvalue weighted by Crippen LogP contribution is 2.30. The molecular weight excluding hydrogens is 210 g/mol. The number of benzene rings is 1. The Labute approximate surface area is 94.4 Å². The molecule has 0 aliphatic carbocycles. The lowest BCUT2D eigenvalue weighted by Crippen LogP contribution is -2.22. The molecule has 1 aromatic carbocycles. The van der Waals surface area contributed by atoms with Crippen LogP contribution in [-0.2, 0) is 6.54 Å². The molecule has 1 atom stereocenters. The van der Waals surface area contributed by atoms with Gasteiger partial charge in [0.2, 0.25) is 0 Å². The van der Waals surface area contributed by atoms with Crippen LogP contribution in [0.1, 0.15) is 5.56 Å². The van der Waals surface area contributed by atoms with Crippen molar-refractivity contribution < 1.29 is 19.7 Å². The van der Waals surface area contributed by atoms with Crippen molar-refractivity contribution in [3.63, 3.8) is 0 Å². The monoisotopic (exact) mass is 227 g/mol. The van der Waals surface area contributed by atoms with Crippen LogP contribution in [0.2, 0.25) is 0 Å². The van der Waals surface area contributed by atoms with Crippen molar-refractivity contribution in [2.24, 2.45) is 5.73 Å². The highest BCUT2D eigenvalue weighted by Gasteiger charge is 2.11. The highest BCUT2D eigenvalue weighted by molar-refractivity contribution is 5.46. The molecule has 0 aliphatic rings. The van der Waals surface area contributed by atoms with E-state index in [9.17, 15) is 5.11 Å². The second-order valence-electron chi connectivity index (χ2n) is 3.30. The Morgan fingerprint density at radius 3 is 2.75 bits per heavy atom. The van der Waals surface area contributed by atoms with Crippen molar-refractivity contribution in [2.45, 2.75) is 12.6 Å². The van der Waals surface area contributed by atoms with Crippen LogP contribution < -0.4 is 15.2 Å². The minimum atomic E-state index is -0.907. The molecule has 90 valence electrons. The Morgan fingerprint density at radius 2 is 2.19 bits per heavy atom. The standard InChI is InChI=1S/C11H17NO4/c1-15-10-4-2-3-8(5-12)11(10)16-7-9(14)6-13/h2-4,9,13-14H,5-7,12H2,1H3. The van der Waals surface area contributed by atoms with Gasteiger partial charge in [-0.3, -0.25) is 0 Å². The van der Waals surface area contributed by atoms with Crippen molar-refractivity contribution >= 4 is 0 Å². The minimum absolute atomic E-state index is 0.00384. The zero-order chi connectivity index (χ0) is 12.0. The molecule has 5 nitrogen and oxygen atoms in total. The molecule has 0 saturated heterocycles. The van der Waals surface area contributed by atoms with Gasteiger partial charge in [0.25, 0.3) is 0 Å². The van der Waals surface area contributed by atoms with Gasteiger partial charge in [0.15, 0.2) is 11.5 Å². The van der Waals surface area contributed by atoms with E-state index >= 15 is 0 Å². The minimum Gasteiger partial charge on any atom is -0.493 e. The van der Waals surface area contributed by atoms with E-state index in [-0.39, 0.29) is 13.2 Å². The van der Waals surface area contributed by atoms with Gasteiger partial charge in [0, 0.05) is 12.1 Å². The number of aliphatic hydroxyl groups is 2. The molecule has 0 amide bonds. The van der Waals surface area contributed by atoms with Crippen LogP contribution in [0.3, 0.4) is 0 Å². The molecule has 16 heavy (non-hydrogen) atoms. The van der Waals surface area contributed by atoms with E-state index in [1.54, 1.807) is 6.07 Å². The summed E-state index contributed by atoms with van der Waals surface area (Å²) in [6.07, 6.45) is -0.907. The van der Waals surface area contributed by atoms with E-state index in [0.717, 1.165) is 5.56 Å². The number of hydrogen-bond acceptors (Lipinski definition) is 5. The van der Waals surface area contributed by atoms with Gasteiger partial charge in [-0.15, -0.1) is 0 Å². The highest BCUT2D eigenvalue weighted by atomic mass is 16.5. The van der Waals surface area contributed by atoms with Gasteiger partial charge in [0.1, 0.15) is 12.7 Å². The average Bonchev–Trinajstić information content (AvgIpc) is 2.35. The van der Waals surface area contributed by atoms with E-state index < -0.39 is 6.10 Å². The van der Waals surface area contributed by atoms with Crippen LogP contribution in [0.15, 0.2) is 18.2 Å². The number of para-hydroxylation sites is 1. The molecule has 0 aromatic heterocycles. The quantitative estimate of drug-likeness (QED) is 0.631. The second-order valence-corrected chi connectivity index (χ2v) is 3.30. The fourth-order valence-corrected chi connectivity index (χ4v) is 1.28. The summed E-state index contributed by atoms with van der Waals surface area (Å²) in [5.41, 5.74) is 6.36. The maximum Gasteiger partial charge on any atom is 0.165 e. The van der Waals surface area contributed by atoms with Crippen LogP contribution in [0, 0.1) is 0 Å². The van der Waals surface area contributed by atoms with Crippen molar-refractivity contribution in [1.82, 2.24) is 0 Å². The van der Waals surface area contributed by atoms with Crippen molar-refractivity contribution in [3.05, 3.63) is 23.8 Å². The Hall–Kier alpha value is -1.30. The van der Waals surface area contributed by atoms with Crippen LogP contribution >= 0.6 is 0 Å². The molecule has 0 spiro atoms. The Kier molecular flexibility index (Phi) is 5.04. The summed E-state index contributed by atoms with van der Waals surface area (Å²) in [7, 11) is 1.53. The van der Waals surface area contributed by atoms with E-state index in [1.807, 2.05) is 12.1 Å². The molecule has 1 aromatic rings. The number of ether oxygens (including phenoxy) is 2. The molecule has 0 bridgehead atoms. The first kappa shape index (κ1) is 12.8. The van der Waals surface area contributed by atoms with Crippen molar-refractivity contribution in [2.75, 3.05) is 20.3 Å². The second kappa shape index (κ2) is 6.32. The molecule has 0 aliphatic heterocycles. The zero-order valence-electron chi connectivity index (χ0n) is 9.22. The largest absolute Gasteiger partial charge is 0.493 e. The van der Waals surface area contributed by atoms with E-state index in [2.05, 4.69) is 0 Å². The van der Waals surface area contributed by atoms with E-state index in [4.69, 9.17) is 20.3 Å². The fraction of sp³-hybridized carbons (Fsp3) is 0.455. The summed E-state index contributed by atoms with van der Waals surface area (Å²) >= 11 is 0. The summed E-state index contributed by atoms with van der Waals surface area (Å²) < 4.78 is 10.5. The van der Waals surface area contributed by atoms with Crippen LogP contribution in [0.5, 0.6) is 11.5 Å². The number of rotatable bonds is 6. The molecule has 0 radical (unpaired) electrons. The van der Waals surface area contributed by atoms with Gasteiger partial charge in [-0.25, -0.2) is 0 Å². The van der Waals surface area contributed by atoms with Gasteiger partial charge < -0.3 is 25.4 Å². The molecule has 4 N–H and O–H groups in total. The first-order valence-corrected chi connectivity index (χ1v) is 5.00. The summed E-state index contributed by atoms with van der Waals surface area (Å²) in [5, 5.41) is 17.9. The van der Waals surface area contributed by atoms with Crippen LogP contribution in [0.25, 0.3) is 0 Å². The predicted molar refractivity (Wildman–Crippen MR) is 59.5 cm³/mol. The SMILES string of the molecule is COc1cccc(CN)c1OCC(O)CO. The molecule has 1 unspecified atom stereocenters. The molecular formula is C11H17NO4. The maximum absolute atomic E-state index is 9.20. The summed E-state index contributed by atoms with van der Waals surface area (Å²) in [6, 6.07) is 5.39. The molecule has 0 heterocycles. The van der Waals surface area contributed by atoms with E-state index in [0.29, 0.717) is 18.0 Å². The predicted octanol–water partition coefficient (Wildman–Crippen LogP) is -0.114. The lowest BCUT2D eigenvalue weighted by molar-refractivity contribution is 0.0524. The lowest BCUT2D eigenvalue weighted by Gasteiger charge is -2.15. The topological polar surface area (TPSA) is 84.9 Å². The third kappa shape index (κ3) is 3.10. The maximum atomic E-state index is 9.20. The Bertz CT molecular complexity index is 308. The number of hydrogen-bond donors (Lipinski definition) is 3. The normalized spacial score (nSPS) is 12.2. The lowest BCUT2D eigenvalue weighted by atomic mass is 10.2. The van der Waals surface area contributed by atoms with Gasteiger partial charge in [-0.05, 0) is 6.07 Å². The number of methoxy groups -OCH3 is 1. The van der Waals surface area contributed by atoms with Gasteiger partial charge in [-0.2, -0.15) is 0 Å². The van der Waals surface area contributed by atoms with Crippen LogP contribution in [0.4, 0.5) is 0 Å². The fourth-order valence-electron chi connectivity index (χ4n) is 1.28. The number of nitrogens with two attached hydrogens (primary N) is 1. The van der Waals surface area contributed by atoms with Crippen LogP contribution in [-0.4, -0.2) is 36.6 Å². The first-order valence-electron chi connectivity index (χ1n) is 5.00. The van der Waals surface area contributed by atoms with Gasteiger partial charge in [0.05, 0.1) is 13.7 Å². The van der Waals surface area contributed by atoms with Crippen molar-refractivity contribution in [3.8, 4) is 11.5 Å². The van der Waals surface area contributed by atoms with Gasteiger partial charge in [-0.1, -0.05) is 12.1 Å². The molecule has 0 fully saturated rings. The molecule has 5 heteroatoms. The zero-order valence-corrected chi connectivity index (χ0v) is 9.22. The summed E-state index contributed by atoms with van der Waals surface area (Å²) in [6.45, 7) is -0.0151. The Morgan fingerprint density at radius 1 is 1.44 bits per heavy atom. The Balaban J connectivity index is 2.82. The van der Waals surface area contributed by atoms with E-state index in [1.165, 1.54) is 7.11 Å². The third-order valence-electron chi connectivity index (χ3n) is 2.13. The summed E-state index contributed by atoms with van der Waals surface area (Å²) in [5.74, 6) is 1.08. The first-order chi connectivity index (χ1) is 7.72. The summed E-state index contributed by atoms with van der Waals surface area (Å²) in [4.78, 5) is 0. The number of aliphatic hydroxyl groups excluding tert-OH is 2. The van der Waals surface area contributed by atoms with Gasteiger partial charge >= 0.3 is 0 Å². The smallest absolute Gasteiger partial charge is 0.165 e. The molecule has 1 rings (SSSR count).